The molecule has 0 amide bonds. The van der Waals surface area contributed by atoms with Crippen LogP contribution < -0.4 is 4.72 Å². The van der Waals surface area contributed by atoms with Crippen molar-refractivity contribution in [3.8, 4) is 5.69 Å². The lowest BCUT2D eigenvalue weighted by molar-refractivity contribution is 0.587. The first-order valence-corrected chi connectivity index (χ1v) is 9.05. The molecule has 7 nitrogen and oxygen atoms in total. The van der Waals surface area contributed by atoms with Crippen LogP contribution in [0.4, 0.5) is 0 Å². The van der Waals surface area contributed by atoms with Crippen LogP contribution in [0.1, 0.15) is 12.0 Å². The van der Waals surface area contributed by atoms with E-state index < -0.39 is 10.0 Å². The second-order valence-corrected chi connectivity index (χ2v) is 7.54. The largest absolute Gasteiger partial charge is 0.218 e. The van der Waals surface area contributed by atoms with Crippen molar-refractivity contribution in [1.29, 1.82) is 0 Å². The lowest BCUT2D eigenvalue weighted by Gasteiger charge is -2.05. The molecule has 1 heterocycles. The van der Waals surface area contributed by atoms with Crippen molar-refractivity contribution in [2.24, 2.45) is 0 Å². The predicted molar refractivity (Wildman–Crippen MR) is 82.1 cm³/mol. The van der Waals surface area contributed by atoms with Gasteiger partial charge in [-0.25, -0.2) is 13.1 Å². The number of nitrogens with one attached hydrogen (secondary N) is 1. The Morgan fingerprint density at radius 2 is 2.00 bits per heavy atom. The van der Waals surface area contributed by atoms with E-state index in [1.807, 2.05) is 31.2 Å². The zero-order valence-electron chi connectivity index (χ0n) is 11.9. The van der Waals surface area contributed by atoms with Gasteiger partial charge in [0.1, 0.15) is 0 Å². The Morgan fingerprint density at radius 1 is 1.29 bits per heavy atom. The average molecular weight is 327 g/mol. The number of thioether (sulfide) groups is 1. The molecule has 1 aromatic carbocycles. The molecule has 0 atom stereocenters. The number of tetrazole rings is 1. The predicted octanol–water partition coefficient (Wildman–Crippen LogP) is 1.00. The molecule has 21 heavy (non-hydrogen) atoms. The Kier molecular flexibility index (Phi) is 5.32. The molecule has 9 heteroatoms. The molecule has 0 aliphatic carbocycles. The molecule has 0 radical (unpaired) electrons. The van der Waals surface area contributed by atoms with Gasteiger partial charge < -0.3 is 0 Å². The van der Waals surface area contributed by atoms with Crippen molar-refractivity contribution in [1.82, 2.24) is 24.9 Å². The Balaban J connectivity index is 1.96. The maximum absolute atomic E-state index is 11.3. The lowest BCUT2D eigenvalue weighted by Crippen LogP contribution is -2.22. The van der Waals surface area contributed by atoms with Gasteiger partial charge in [-0.1, -0.05) is 29.5 Å². The van der Waals surface area contributed by atoms with Gasteiger partial charge in [0.05, 0.1) is 11.4 Å². The second kappa shape index (κ2) is 7.01. The molecule has 2 rings (SSSR count). The van der Waals surface area contributed by atoms with E-state index in [-0.39, 0.29) is 5.75 Å². The molecule has 114 valence electrons. The number of rotatable bonds is 7. The Hall–Kier alpha value is -1.45. The fourth-order valence-corrected chi connectivity index (χ4v) is 3.37. The molecular formula is C12H17N5O2S2. The van der Waals surface area contributed by atoms with Gasteiger partial charge in [-0.05, 0) is 43.0 Å². The topological polar surface area (TPSA) is 89.8 Å². The van der Waals surface area contributed by atoms with E-state index in [1.54, 1.807) is 4.68 Å². The number of sulfonamides is 1. The smallest absolute Gasteiger partial charge is 0.214 e. The van der Waals surface area contributed by atoms with Crippen molar-refractivity contribution < 1.29 is 8.42 Å². The van der Waals surface area contributed by atoms with Crippen LogP contribution in [-0.2, 0) is 10.0 Å². The summed E-state index contributed by atoms with van der Waals surface area (Å²) >= 11 is 1.44. The van der Waals surface area contributed by atoms with Gasteiger partial charge in [-0.2, -0.15) is 4.68 Å². The highest BCUT2D eigenvalue weighted by Gasteiger charge is 2.10. The van der Waals surface area contributed by atoms with E-state index in [9.17, 15) is 8.42 Å². The first-order chi connectivity index (χ1) is 10.0. The fraction of sp³-hybridized carbons (Fsp3) is 0.417. The average Bonchev–Trinajstić information content (AvgIpc) is 2.93. The quantitative estimate of drug-likeness (QED) is 0.603. The molecule has 0 spiro atoms. The summed E-state index contributed by atoms with van der Waals surface area (Å²) in [5.41, 5.74) is 2.05. The molecule has 0 saturated carbocycles. The summed E-state index contributed by atoms with van der Waals surface area (Å²) in [6.07, 6.45) is 0.536. The summed E-state index contributed by atoms with van der Waals surface area (Å²) in [5, 5.41) is 12.3. The van der Waals surface area contributed by atoms with Crippen LogP contribution in [-0.4, -0.2) is 47.2 Å². The van der Waals surface area contributed by atoms with Crippen LogP contribution in [0.3, 0.4) is 0 Å². The van der Waals surface area contributed by atoms with Crippen molar-refractivity contribution in [2.45, 2.75) is 18.5 Å². The molecule has 0 aliphatic heterocycles. The summed E-state index contributed by atoms with van der Waals surface area (Å²) in [4.78, 5) is 0. The van der Waals surface area contributed by atoms with Crippen LogP contribution in [0.2, 0.25) is 0 Å². The van der Waals surface area contributed by atoms with Crippen molar-refractivity contribution >= 4 is 21.8 Å². The normalized spacial score (nSPS) is 11.7. The molecule has 2 aromatic rings. The van der Waals surface area contributed by atoms with Crippen LogP contribution in [0.25, 0.3) is 5.69 Å². The second-order valence-electron chi connectivity index (χ2n) is 4.43. The number of aromatic nitrogens is 4. The van der Waals surface area contributed by atoms with Gasteiger partial charge in [-0.15, -0.1) is 5.10 Å². The van der Waals surface area contributed by atoms with Crippen LogP contribution in [0, 0.1) is 6.92 Å². The number of hydrogen-bond acceptors (Lipinski definition) is 6. The highest BCUT2D eigenvalue weighted by atomic mass is 32.2. The number of hydrogen-bond donors (Lipinski definition) is 1. The molecule has 0 saturated heterocycles. The highest BCUT2D eigenvalue weighted by Crippen LogP contribution is 2.19. The Bertz CT molecular complexity index is 682. The fourth-order valence-electron chi connectivity index (χ4n) is 1.63. The summed E-state index contributed by atoms with van der Waals surface area (Å²) in [5.74, 6) is 0.732. The Labute approximate surface area is 128 Å². The van der Waals surface area contributed by atoms with Crippen molar-refractivity contribution in [2.75, 3.05) is 18.6 Å². The van der Waals surface area contributed by atoms with E-state index >= 15 is 0 Å². The third-order valence-electron chi connectivity index (χ3n) is 2.82. The van der Waals surface area contributed by atoms with Gasteiger partial charge in [0.2, 0.25) is 15.2 Å². The van der Waals surface area contributed by atoms with Crippen LogP contribution in [0.15, 0.2) is 29.4 Å². The molecular weight excluding hydrogens is 310 g/mol. The van der Waals surface area contributed by atoms with Gasteiger partial charge in [0, 0.05) is 5.75 Å². The minimum Gasteiger partial charge on any atom is -0.218 e. The van der Waals surface area contributed by atoms with Gasteiger partial charge >= 0.3 is 0 Å². The molecule has 1 N–H and O–H groups in total. The SMILES string of the molecule is CNS(=O)(=O)CCCSc1nnnn1-c1ccc(C)cc1. The zero-order valence-corrected chi connectivity index (χ0v) is 13.5. The third kappa shape index (κ3) is 4.51. The number of benzene rings is 1. The summed E-state index contributed by atoms with van der Waals surface area (Å²) in [7, 11) is -1.73. The summed E-state index contributed by atoms with van der Waals surface area (Å²) in [6, 6.07) is 7.87. The van der Waals surface area contributed by atoms with Crippen molar-refractivity contribution in [3.05, 3.63) is 29.8 Å². The van der Waals surface area contributed by atoms with E-state index in [4.69, 9.17) is 0 Å². The minimum absolute atomic E-state index is 0.0998. The van der Waals surface area contributed by atoms with Crippen LogP contribution >= 0.6 is 11.8 Å². The summed E-state index contributed by atoms with van der Waals surface area (Å²) < 4.78 is 26.6. The maximum Gasteiger partial charge on any atom is 0.214 e. The lowest BCUT2D eigenvalue weighted by atomic mass is 10.2. The standard InChI is InChI=1S/C12H17N5O2S2/c1-10-4-6-11(7-5-10)17-12(14-15-16-17)20-8-3-9-21(18,19)13-2/h4-7,13H,3,8-9H2,1-2H3. The minimum atomic E-state index is -3.15. The molecule has 1 aromatic heterocycles. The van der Waals surface area contributed by atoms with Crippen molar-refractivity contribution in [3.63, 3.8) is 0 Å². The molecule has 0 bridgehead atoms. The van der Waals surface area contributed by atoms with E-state index in [1.165, 1.54) is 24.4 Å². The van der Waals surface area contributed by atoms with E-state index in [2.05, 4.69) is 20.2 Å². The highest BCUT2D eigenvalue weighted by molar-refractivity contribution is 7.99. The van der Waals surface area contributed by atoms with Crippen LogP contribution in [0.5, 0.6) is 0 Å². The number of aryl methyl sites for hydroxylation is 1. The van der Waals surface area contributed by atoms with E-state index in [0.29, 0.717) is 17.3 Å². The first kappa shape index (κ1) is 15.9. The zero-order chi connectivity index (χ0) is 15.3. The molecule has 0 fully saturated rings. The van der Waals surface area contributed by atoms with E-state index in [0.717, 1.165) is 5.69 Å². The van der Waals surface area contributed by atoms with Gasteiger partial charge in [0.25, 0.3) is 0 Å². The monoisotopic (exact) mass is 327 g/mol. The maximum atomic E-state index is 11.3. The van der Waals surface area contributed by atoms with Gasteiger partial charge in [-0.3, -0.25) is 0 Å². The molecule has 0 aliphatic rings. The third-order valence-corrected chi connectivity index (χ3v) is 5.27. The molecule has 0 unspecified atom stereocenters. The van der Waals surface area contributed by atoms with Gasteiger partial charge in [0.15, 0.2) is 0 Å². The Morgan fingerprint density at radius 3 is 2.67 bits per heavy atom. The summed E-state index contributed by atoms with van der Waals surface area (Å²) in [6.45, 7) is 2.02. The number of nitrogens with zero attached hydrogens (tertiary/aromatic N) is 4. The first-order valence-electron chi connectivity index (χ1n) is 6.41.